The largest absolute Gasteiger partial charge is 0.480 e. The molecule has 0 aliphatic heterocycles. The van der Waals surface area contributed by atoms with Crippen LogP contribution in [0.15, 0.2) is 12.1 Å². The number of rotatable bonds is 5. The molecule has 7 heteroatoms. The number of amides is 1. The molecule has 0 saturated carbocycles. The monoisotopic (exact) mass is 318 g/mol. The van der Waals surface area contributed by atoms with Crippen molar-refractivity contribution < 1.29 is 14.7 Å². The summed E-state index contributed by atoms with van der Waals surface area (Å²) in [4.78, 5) is 23.1. The van der Waals surface area contributed by atoms with Crippen LogP contribution < -0.4 is 11.1 Å². The van der Waals surface area contributed by atoms with Gasteiger partial charge in [0.2, 0.25) is 0 Å². The number of anilines is 1. The average Bonchev–Trinajstić information content (AvgIpc) is 2.33. The molecule has 0 aliphatic rings. The Bertz CT molecular complexity index is 509. The number of carbonyl (C=O) groups is 2. The molecule has 1 rings (SSSR count). The van der Waals surface area contributed by atoms with Crippen LogP contribution in [0.4, 0.5) is 5.69 Å². The molecule has 0 fully saturated rings. The van der Waals surface area contributed by atoms with Gasteiger partial charge in [-0.3, -0.25) is 4.79 Å². The third-order valence-corrected chi connectivity index (χ3v) is 3.28. The van der Waals surface area contributed by atoms with Gasteiger partial charge in [0.15, 0.2) is 0 Å². The topological polar surface area (TPSA) is 92.4 Å². The van der Waals surface area contributed by atoms with E-state index in [0.717, 1.165) is 0 Å². The number of aliphatic carboxylic acids is 1. The van der Waals surface area contributed by atoms with Crippen LogP contribution in [0.25, 0.3) is 0 Å². The van der Waals surface area contributed by atoms with Crippen LogP contribution in [-0.2, 0) is 4.79 Å². The molecule has 1 aromatic carbocycles. The number of carboxylic acids is 1. The Labute approximate surface area is 127 Å². The minimum atomic E-state index is -1.08. The molecule has 1 amide bonds. The fraction of sp³-hybridized carbons (Fsp3) is 0.385. The first-order valence-corrected chi connectivity index (χ1v) is 6.76. The van der Waals surface area contributed by atoms with Crippen LogP contribution in [0.5, 0.6) is 0 Å². The smallest absolute Gasteiger partial charge is 0.326 e. The number of nitrogens with one attached hydrogen (secondary N) is 1. The van der Waals surface area contributed by atoms with Crippen molar-refractivity contribution in [3.05, 3.63) is 27.7 Å². The second-order valence-corrected chi connectivity index (χ2v) is 5.66. The van der Waals surface area contributed by atoms with Gasteiger partial charge in [0.25, 0.3) is 5.91 Å². The summed E-state index contributed by atoms with van der Waals surface area (Å²) in [5, 5.41) is 11.8. The summed E-state index contributed by atoms with van der Waals surface area (Å²) in [6.45, 7) is 3.75. The molecule has 1 atom stereocenters. The number of hydrogen-bond acceptors (Lipinski definition) is 3. The van der Waals surface area contributed by atoms with E-state index in [1.165, 1.54) is 12.1 Å². The van der Waals surface area contributed by atoms with Gasteiger partial charge in [-0.15, -0.1) is 0 Å². The lowest BCUT2D eigenvalue weighted by atomic mass is 10.0. The van der Waals surface area contributed by atoms with Crippen LogP contribution >= 0.6 is 23.2 Å². The van der Waals surface area contributed by atoms with Gasteiger partial charge in [-0.2, -0.15) is 0 Å². The zero-order chi connectivity index (χ0) is 15.4. The third-order valence-electron chi connectivity index (χ3n) is 2.65. The zero-order valence-corrected chi connectivity index (χ0v) is 12.6. The molecule has 4 N–H and O–H groups in total. The van der Waals surface area contributed by atoms with E-state index in [4.69, 9.17) is 34.0 Å². The molecule has 0 aromatic heterocycles. The van der Waals surface area contributed by atoms with E-state index in [1.54, 1.807) is 0 Å². The molecule has 5 nitrogen and oxygen atoms in total. The summed E-state index contributed by atoms with van der Waals surface area (Å²) in [6, 6.07) is 1.75. The van der Waals surface area contributed by atoms with Gasteiger partial charge >= 0.3 is 5.97 Å². The minimum absolute atomic E-state index is 0.134. The Morgan fingerprint density at radius 3 is 2.20 bits per heavy atom. The van der Waals surface area contributed by atoms with Crippen LogP contribution in [0.3, 0.4) is 0 Å². The van der Waals surface area contributed by atoms with Gasteiger partial charge in [-0.1, -0.05) is 37.0 Å². The van der Waals surface area contributed by atoms with Crippen LogP contribution in [0, 0.1) is 5.92 Å². The van der Waals surface area contributed by atoms with Gasteiger partial charge in [0, 0.05) is 5.56 Å². The van der Waals surface area contributed by atoms with Gasteiger partial charge in [-0.05, 0) is 24.5 Å². The Morgan fingerprint density at radius 2 is 1.80 bits per heavy atom. The lowest BCUT2D eigenvalue weighted by Crippen LogP contribution is -2.41. The second kappa shape index (κ2) is 6.81. The number of nitrogen functional groups attached to an aromatic ring is 1. The van der Waals surface area contributed by atoms with Gasteiger partial charge in [0.05, 0.1) is 15.7 Å². The Kier molecular flexibility index (Phi) is 5.65. The molecule has 110 valence electrons. The van der Waals surface area contributed by atoms with E-state index in [1.807, 2.05) is 13.8 Å². The zero-order valence-electron chi connectivity index (χ0n) is 11.1. The minimum Gasteiger partial charge on any atom is -0.480 e. The van der Waals surface area contributed by atoms with Crippen molar-refractivity contribution in [1.29, 1.82) is 0 Å². The van der Waals surface area contributed by atoms with Crippen molar-refractivity contribution in [3.63, 3.8) is 0 Å². The van der Waals surface area contributed by atoms with E-state index in [-0.39, 0.29) is 27.2 Å². The first kappa shape index (κ1) is 16.6. The molecule has 0 heterocycles. The maximum Gasteiger partial charge on any atom is 0.326 e. The van der Waals surface area contributed by atoms with Crippen molar-refractivity contribution in [2.24, 2.45) is 5.92 Å². The lowest BCUT2D eigenvalue weighted by molar-refractivity contribution is -0.139. The van der Waals surface area contributed by atoms with E-state index in [0.29, 0.717) is 6.42 Å². The SMILES string of the molecule is CC(C)CC(NC(=O)c1cc(Cl)c(N)c(Cl)c1)C(=O)O. The summed E-state index contributed by atoms with van der Waals surface area (Å²) >= 11 is 11.7. The number of hydrogen-bond donors (Lipinski definition) is 3. The number of halogens is 2. The molecule has 0 saturated heterocycles. The average molecular weight is 319 g/mol. The number of nitrogens with two attached hydrogens (primary N) is 1. The maximum atomic E-state index is 12.0. The van der Waals surface area contributed by atoms with Crippen LogP contribution in [0.1, 0.15) is 30.6 Å². The van der Waals surface area contributed by atoms with Crippen LogP contribution in [-0.4, -0.2) is 23.0 Å². The summed E-state index contributed by atoms with van der Waals surface area (Å²) < 4.78 is 0. The predicted molar refractivity (Wildman–Crippen MR) is 79.2 cm³/mol. The van der Waals surface area contributed by atoms with Crippen molar-refractivity contribution in [2.75, 3.05) is 5.73 Å². The maximum absolute atomic E-state index is 12.0. The van der Waals surface area contributed by atoms with Crippen LogP contribution in [0.2, 0.25) is 10.0 Å². The molecule has 1 aromatic rings. The first-order chi connectivity index (χ1) is 9.22. The molecule has 0 aliphatic carbocycles. The van der Waals surface area contributed by atoms with Crippen molar-refractivity contribution >= 4 is 40.8 Å². The van der Waals surface area contributed by atoms with Gasteiger partial charge < -0.3 is 16.2 Å². The van der Waals surface area contributed by atoms with Crippen molar-refractivity contribution in [1.82, 2.24) is 5.32 Å². The first-order valence-electron chi connectivity index (χ1n) is 6.00. The molecule has 0 bridgehead atoms. The fourth-order valence-electron chi connectivity index (χ4n) is 1.65. The van der Waals surface area contributed by atoms with Crippen molar-refractivity contribution in [3.8, 4) is 0 Å². The van der Waals surface area contributed by atoms with Crippen molar-refractivity contribution in [2.45, 2.75) is 26.3 Å². The molecule has 0 spiro atoms. The molecular formula is C13H16Cl2N2O3. The summed E-state index contributed by atoms with van der Waals surface area (Å²) in [7, 11) is 0. The Balaban J connectivity index is 2.92. The Morgan fingerprint density at radius 1 is 1.30 bits per heavy atom. The summed E-state index contributed by atoms with van der Waals surface area (Å²) in [5.41, 5.74) is 5.93. The molecular weight excluding hydrogens is 303 g/mol. The fourth-order valence-corrected chi connectivity index (χ4v) is 2.14. The van der Waals surface area contributed by atoms with E-state index in [2.05, 4.69) is 5.32 Å². The van der Waals surface area contributed by atoms with E-state index in [9.17, 15) is 9.59 Å². The number of benzene rings is 1. The normalized spacial score (nSPS) is 12.2. The number of carboxylic acid groups (broad SMARTS) is 1. The molecule has 1 unspecified atom stereocenters. The second-order valence-electron chi connectivity index (χ2n) is 4.85. The third kappa shape index (κ3) is 4.28. The lowest BCUT2D eigenvalue weighted by Gasteiger charge is -2.16. The van der Waals surface area contributed by atoms with Gasteiger partial charge in [-0.25, -0.2) is 4.79 Å². The molecule has 0 radical (unpaired) electrons. The highest BCUT2D eigenvalue weighted by atomic mass is 35.5. The standard InChI is InChI=1S/C13H16Cl2N2O3/c1-6(2)3-10(13(19)20)17-12(18)7-4-8(14)11(16)9(15)5-7/h4-6,10H,3,16H2,1-2H3,(H,17,18)(H,19,20). The quantitative estimate of drug-likeness (QED) is 0.728. The number of carbonyl (C=O) groups excluding carboxylic acids is 1. The van der Waals surface area contributed by atoms with Gasteiger partial charge in [0.1, 0.15) is 6.04 Å². The summed E-state index contributed by atoms with van der Waals surface area (Å²) in [6.07, 6.45) is 0.331. The summed E-state index contributed by atoms with van der Waals surface area (Å²) in [5.74, 6) is -1.50. The van der Waals surface area contributed by atoms with E-state index >= 15 is 0 Å². The highest BCUT2D eigenvalue weighted by Crippen LogP contribution is 2.28. The highest BCUT2D eigenvalue weighted by Gasteiger charge is 2.22. The predicted octanol–water partition coefficient (Wildman–Crippen LogP) is 2.80. The highest BCUT2D eigenvalue weighted by molar-refractivity contribution is 6.39. The molecule has 20 heavy (non-hydrogen) atoms. The Hall–Kier alpha value is -1.46. The van der Waals surface area contributed by atoms with E-state index < -0.39 is 17.9 Å².